The van der Waals surface area contributed by atoms with Gasteiger partial charge in [-0.3, -0.25) is 9.59 Å². The number of halogens is 2. The average Bonchev–Trinajstić information content (AvgIpc) is 2.71. The maximum Gasteiger partial charge on any atom is 0.318 e. The van der Waals surface area contributed by atoms with Gasteiger partial charge in [0.25, 0.3) is 5.56 Å². The van der Waals surface area contributed by atoms with Crippen molar-refractivity contribution in [3.8, 4) is 0 Å². The molecule has 1 atom stereocenters. The SMILES string of the molecule is C[C@H](c1c[nH]c(=O)c2cc(F)c(F)cc12)N(CCCO)C(=O)NC1C=CC(=O)C=C1. The molecule has 0 unspecified atom stereocenters. The average molecular weight is 417 g/mol. The minimum Gasteiger partial charge on any atom is -0.396 e. The highest BCUT2D eigenvalue weighted by atomic mass is 19.2. The molecule has 1 aliphatic carbocycles. The summed E-state index contributed by atoms with van der Waals surface area (Å²) in [5.41, 5.74) is -0.158. The first kappa shape index (κ1) is 21.4. The van der Waals surface area contributed by atoms with Gasteiger partial charge >= 0.3 is 6.03 Å². The molecular formula is C21H21F2N3O4. The van der Waals surface area contributed by atoms with E-state index in [4.69, 9.17) is 0 Å². The van der Waals surface area contributed by atoms with Gasteiger partial charge in [0.2, 0.25) is 0 Å². The number of nitrogens with zero attached hydrogens (tertiary/aromatic N) is 1. The molecule has 2 amide bonds. The number of aliphatic hydroxyl groups is 1. The highest BCUT2D eigenvalue weighted by molar-refractivity contribution is 6.00. The van der Waals surface area contributed by atoms with Crippen molar-refractivity contribution >= 4 is 22.6 Å². The molecule has 1 aromatic heterocycles. The zero-order valence-corrected chi connectivity index (χ0v) is 16.2. The summed E-state index contributed by atoms with van der Waals surface area (Å²) in [5.74, 6) is -2.42. The van der Waals surface area contributed by atoms with E-state index in [1.165, 1.54) is 23.2 Å². The molecule has 2 aromatic rings. The van der Waals surface area contributed by atoms with E-state index in [-0.39, 0.29) is 36.1 Å². The number of fused-ring (bicyclic) bond motifs is 1. The minimum atomic E-state index is -1.14. The van der Waals surface area contributed by atoms with Gasteiger partial charge in [-0.2, -0.15) is 0 Å². The number of H-pyrrole nitrogens is 1. The minimum absolute atomic E-state index is 0.0302. The fourth-order valence-corrected chi connectivity index (χ4v) is 3.34. The highest BCUT2D eigenvalue weighted by Gasteiger charge is 2.25. The Morgan fingerprint density at radius 1 is 1.20 bits per heavy atom. The van der Waals surface area contributed by atoms with Crippen LogP contribution >= 0.6 is 0 Å². The third kappa shape index (κ3) is 4.46. The van der Waals surface area contributed by atoms with Gasteiger partial charge in [0.05, 0.1) is 17.5 Å². The second-order valence-corrected chi connectivity index (χ2v) is 6.93. The lowest BCUT2D eigenvalue weighted by atomic mass is 10.0. The van der Waals surface area contributed by atoms with Crippen LogP contribution in [0.5, 0.6) is 0 Å². The van der Waals surface area contributed by atoms with Crippen LogP contribution in [-0.2, 0) is 4.79 Å². The second kappa shape index (κ2) is 9.00. The first-order valence-corrected chi connectivity index (χ1v) is 9.40. The van der Waals surface area contributed by atoms with Crippen molar-refractivity contribution in [1.29, 1.82) is 0 Å². The van der Waals surface area contributed by atoms with Gasteiger partial charge in [-0.1, -0.05) is 12.2 Å². The van der Waals surface area contributed by atoms with Crippen LogP contribution in [0.2, 0.25) is 0 Å². The Kier molecular flexibility index (Phi) is 6.41. The Morgan fingerprint density at radius 3 is 2.47 bits per heavy atom. The number of pyridine rings is 1. The number of allylic oxidation sites excluding steroid dienone is 2. The molecule has 1 heterocycles. The van der Waals surface area contributed by atoms with Gasteiger partial charge < -0.3 is 20.3 Å². The Balaban J connectivity index is 1.95. The number of benzene rings is 1. The number of hydrogen-bond donors (Lipinski definition) is 3. The third-order valence-electron chi connectivity index (χ3n) is 4.94. The molecule has 0 saturated heterocycles. The number of amides is 2. The van der Waals surface area contributed by atoms with E-state index in [1.54, 1.807) is 19.1 Å². The summed E-state index contributed by atoms with van der Waals surface area (Å²) in [6, 6.07) is 0.154. The molecule has 0 fully saturated rings. The van der Waals surface area contributed by atoms with Crippen molar-refractivity contribution in [2.75, 3.05) is 13.2 Å². The number of hydrogen-bond acceptors (Lipinski definition) is 4. The second-order valence-electron chi connectivity index (χ2n) is 6.93. The maximum absolute atomic E-state index is 13.9. The standard InChI is InChI=1S/C21H21F2N3O4/c1-12(17-11-24-20(29)16-10-19(23)18(22)9-15(16)17)26(7-2-8-27)21(30)25-13-3-5-14(28)6-4-13/h3-6,9-13,27H,2,7-8H2,1H3,(H,24,29)(H,25,30)/t12-/m1/s1. The van der Waals surface area contributed by atoms with E-state index in [9.17, 15) is 28.3 Å². The van der Waals surface area contributed by atoms with E-state index in [1.807, 2.05) is 0 Å². The number of carbonyl (C=O) groups excluding carboxylic acids is 2. The topological polar surface area (TPSA) is 102 Å². The fourth-order valence-electron chi connectivity index (χ4n) is 3.34. The van der Waals surface area contributed by atoms with Crippen LogP contribution < -0.4 is 10.9 Å². The van der Waals surface area contributed by atoms with Gasteiger partial charge in [-0.25, -0.2) is 13.6 Å². The predicted molar refractivity (Wildman–Crippen MR) is 107 cm³/mol. The van der Waals surface area contributed by atoms with Crippen LogP contribution in [0.4, 0.5) is 13.6 Å². The van der Waals surface area contributed by atoms with Gasteiger partial charge in [-0.15, -0.1) is 0 Å². The summed E-state index contributed by atoms with van der Waals surface area (Å²) in [7, 11) is 0. The van der Waals surface area contributed by atoms with Crippen molar-refractivity contribution in [2.24, 2.45) is 0 Å². The van der Waals surface area contributed by atoms with Crippen molar-refractivity contribution in [2.45, 2.75) is 25.4 Å². The first-order valence-electron chi connectivity index (χ1n) is 9.40. The molecule has 0 spiro atoms. The lowest BCUT2D eigenvalue weighted by molar-refractivity contribution is -0.110. The Morgan fingerprint density at radius 2 is 1.83 bits per heavy atom. The number of urea groups is 1. The van der Waals surface area contributed by atoms with Crippen LogP contribution in [0.25, 0.3) is 10.8 Å². The Bertz CT molecular complexity index is 1080. The molecular weight excluding hydrogens is 396 g/mol. The van der Waals surface area contributed by atoms with Crippen molar-refractivity contribution in [3.63, 3.8) is 0 Å². The molecule has 0 bridgehead atoms. The summed E-state index contributed by atoms with van der Waals surface area (Å²) < 4.78 is 27.5. The summed E-state index contributed by atoms with van der Waals surface area (Å²) in [4.78, 5) is 40.1. The smallest absolute Gasteiger partial charge is 0.318 e. The fraction of sp³-hybridized carbons (Fsp3) is 0.286. The molecule has 1 aliphatic rings. The van der Waals surface area contributed by atoms with Crippen molar-refractivity contribution in [1.82, 2.24) is 15.2 Å². The molecule has 3 N–H and O–H groups in total. The number of rotatable bonds is 6. The maximum atomic E-state index is 13.9. The molecule has 0 radical (unpaired) electrons. The number of aromatic nitrogens is 1. The molecule has 1 aromatic carbocycles. The molecule has 3 rings (SSSR count). The van der Waals surface area contributed by atoms with Crippen LogP contribution in [0.3, 0.4) is 0 Å². The van der Waals surface area contributed by atoms with Crippen LogP contribution in [0, 0.1) is 11.6 Å². The van der Waals surface area contributed by atoms with Crippen LogP contribution in [0.15, 0.2) is 47.4 Å². The molecule has 30 heavy (non-hydrogen) atoms. The quantitative estimate of drug-likeness (QED) is 0.671. The van der Waals surface area contributed by atoms with Crippen LogP contribution in [-0.4, -0.2) is 46.0 Å². The van der Waals surface area contributed by atoms with Gasteiger partial charge in [0, 0.05) is 19.3 Å². The Labute approximate surface area is 170 Å². The zero-order chi connectivity index (χ0) is 21.8. The van der Waals surface area contributed by atoms with Gasteiger partial charge in [-0.05, 0) is 48.6 Å². The summed E-state index contributed by atoms with van der Waals surface area (Å²) in [6.45, 7) is 1.70. The predicted octanol–water partition coefficient (Wildman–Crippen LogP) is 2.33. The summed E-state index contributed by atoms with van der Waals surface area (Å²) in [5, 5.41) is 12.1. The molecule has 7 nitrogen and oxygen atoms in total. The molecule has 158 valence electrons. The van der Waals surface area contributed by atoms with Crippen molar-refractivity contribution < 1.29 is 23.5 Å². The van der Waals surface area contributed by atoms with E-state index >= 15 is 0 Å². The van der Waals surface area contributed by atoms with E-state index < -0.39 is 35.3 Å². The molecule has 9 heteroatoms. The van der Waals surface area contributed by atoms with Gasteiger partial charge in [0.1, 0.15) is 0 Å². The zero-order valence-electron chi connectivity index (χ0n) is 16.2. The first-order chi connectivity index (χ1) is 14.3. The van der Waals surface area contributed by atoms with E-state index in [0.29, 0.717) is 5.56 Å². The number of aliphatic hydroxyl groups excluding tert-OH is 1. The van der Waals surface area contributed by atoms with E-state index in [0.717, 1.165) is 12.1 Å². The Hall–Kier alpha value is -3.33. The van der Waals surface area contributed by atoms with Gasteiger partial charge in [0.15, 0.2) is 17.4 Å². The summed E-state index contributed by atoms with van der Waals surface area (Å²) >= 11 is 0. The van der Waals surface area contributed by atoms with Crippen LogP contribution in [0.1, 0.15) is 24.9 Å². The molecule has 0 saturated carbocycles. The van der Waals surface area contributed by atoms with E-state index in [2.05, 4.69) is 10.3 Å². The largest absolute Gasteiger partial charge is 0.396 e. The lowest BCUT2D eigenvalue weighted by Crippen LogP contribution is -2.45. The number of nitrogens with one attached hydrogen (secondary N) is 2. The molecule has 0 aliphatic heterocycles. The van der Waals surface area contributed by atoms with Crippen molar-refractivity contribution in [3.05, 3.63) is 70.2 Å². The monoisotopic (exact) mass is 417 g/mol. The number of aromatic amines is 1. The highest BCUT2D eigenvalue weighted by Crippen LogP contribution is 2.28. The number of carbonyl (C=O) groups is 2. The third-order valence-corrected chi connectivity index (χ3v) is 4.94. The number of ketones is 1. The normalized spacial score (nSPS) is 14.9. The lowest BCUT2D eigenvalue weighted by Gasteiger charge is -2.31. The summed E-state index contributed by atoms with van der Waals surface area (Å²) in [6.07, 6.45) is 7.44.